The molecule has 1 aromatic rings. The molecule has 0 radical (unpaired) electrons. The molecule has 2 N–H and O–H groups in total. The number of carbonyl (C=O) groups excluding carboxylic acids is 2. The fraction of sp³-hybridized carbons (Fsp3) is 0.619. The van der Waals surface area contributed by atoms with Crippen LogP contribution in [-0.4, -0.2) is 40.8 Å². The highest BCUT2D eigenvalue weighted by Gasteiger charge is 2.38. The molecule has 8 nitrogen and oxygen atoms in total. The zero-order valence-corrected chi connectivity index (χ0v) is 16.6. The van der Waals surface area contributed by atoms with Crippen LogP contribution in [0.1, 0.15) is 68.1 Å². The van der Waals surface area contributed by atoms with Crippen LogP contribution < -0.4 is 10.5 Å². The normalized spacial score (nSPS) is 23.0. The van der Waals surface area contributed by atoms with Crippen LogP contribution in [0.4, 0.5) is 5.69 Å². The molecule has 1 amide bonds. The van der Waals surface area contributed by atoms with Crippen LogP contribution in [0.3, 0.4) is 0 Å². The summed E-state index contributed by atoms with van der Waals surface area (Å²) in [6.45, 7) is 0.865. The van der Waals surface area contributed by atoms with E-state index in [0.717, 1.165) is 19.4 Å². The number of benzene rings is 1. The molecule has 1 aliphatic heterocycles. The van der Waals surface area contributed by atoms with Gasteiger partial charge in [-0.05, 0) is 56.6 Å². The molecule has 0 spiro atoms. The van der Waals surface area contributed by atoms with Crippen LogP contribution >= 0.6 is 0 Å². The fourth-order valence-corrected chi connectivity index (χ4v) is 4.84. The molecule has 1 aliphatic carbocycles. The van der Waals surface area contributed by atoms with E-state index in [0.29, 0.717) is 31.1 Å². The molecule has 0 aromatic heterocycles. The number of rotatable bonds is 9. The second-order valence-electron chi connectivity index (χ2n) is 7.99. The molecule has 1 aromatic carbocycles. The molecule has 2 fully saturated rings. The van der Waals surface area contributed by atoms with Gasteiger partial charge < -0.3 is 10.5 Å². The quantitative estimate of drug-likeness (QED) is 0.384. The monoisotopic (exact) mass is 403 g/mol. The summed E-state index contributed by atoms with van der Waals surface area (Å²) in [6, 6.07) is 4.93. The lowest BCUT2D eigenvalue weighted by atomic mass is 9.78. The molecule has 29 heavy (non-hydrogen) atoms. The van der Waals surface area contributed by atoms with E-state index in [9.17, 15) is 19.7 Å². The predicted octanol–water partition coefficient (Wildman–Crippen LogP) is 3.42. The zero-order chi connectivity index (χ0) is 20.8. The topological polar surface area (TPSA) is 116 Å². The van der Waals surface area contributed by atoms with Crippen molar-refractivity contribution in [1.29, 1.82) is 0 Å². The SMILES string of the molecule is NC(=O)CCCC(Oc1cccc(C=O)c1[N+](=O)[O-])N1CCCC2CCCCC21. The number of ether oxygens (including phenoxy) is 1. The Morgan fingerprint density at radius 2 is 2.07 bits per heavy atom. The van der Waals surface area contributed by atoms with Gasteiger partial charge in [0.25, 0.3) is 0 Å². The Hall–Kier alpha value is -2.48. The number of hydrogen-bond donors (Lipinski definition) is 1. The van der Waals surface area contributed by atoms with E-state index in [1.54, 1.807) is 6.07 Å². The van der Waals surface area contributed by atoms with Crippen molar-refractivity contribution >= 4 is 17.9 Å². The largest absolute Gasteiger partial charge is 0.468 e. The molecule has 2 aliphatic rings. The standard InChI is InChI=1S/C21H29N3O5/c22-19(26)11-4-12-20(23-13-5-8-15-6-1-2-9-17(15)23)29-18-10-3-7-16(14-25)21(18)24(27)28/h3,7,10,14-15,17,20H,1-2,4-6,8-9,11-13H2,(H2,22,26). The van der Waals surface area contributed by atoms with Crippen LogP contribution in [0.25, 0.3) is 0 Å². The second-order valence-corrected chi connectivity index (χ2v) is 7.99. The number of piperidine rings is 1. The van der Waals surface area contributed by atoms with Crippen molar-refractivity contribution in [2.45, 2.75) is 70.1 Å². The van der Waals surface area contributed by atoms with Crippen LogP contribution in [-0.2, 0) is 4.79 Å². The Morgan fingerprint density at radius 1 is 1.31 bits per heavy atom. The minimum absolute atomic E-state index is 0.00225. The van der Waals surface area contributed by atoms with Crippen molar-refractivity contribution in [1.82, 2.24) is 4.90 Å². The van der Waals surface area contributed by atoms with E-state index in [1.165, 1.54) is 37.8 Å². The highest BCUT2D eigenvalue weighted by atomic mass is 16.6. The van der Waals surface area contributed by atoms with Crippen molar-refractivity contribution in [3.8, 4) is 5.75 Å². The average molecular weight is 403 g/mol. The first-order chi connectivity index (χ1) is 14.0. The first kappa shape index (κ1) is 21.2. The fourth-order valence-electron chi connectivity index (χ4n) is 4.84. The number of nitrogens with two attached hydrogens (primary N) is 1. The van der Waals surface area contributed by atoms with Crippen molar-refractivity contribution in [2.24, 2.45) is 11.7 Å². The van der Waals surface area contributed by atoms with Crippen LogP contribution in [0, 0.1) is 16.0 Å². The first-order valence-corrected chi connectivity index (χ1v) is 10.4. The van der Waals surface area contributed by atoms with E-state index in [2.05, 4.69) is 4.90 Å². The smallest absolute Gasteiger partial charge is 0.321 e. The summed E-state index contributed by atoms with van der Waals surface area (Å²) >= 11 is 0. The first-order valence-electron chi connectivity index (χ1n) is 10.4. The third kappa shape index (κ3) is 5.12. The average Bonchev–Trinajstić information content (AvgIpc) is 2.72. The number of nitro benzene ring substituents is 1. The summed E-state index contributed by atoms with van der Waals surface area (Å²) in [5, 5.41) is 11.6. The van der Waals surface area contributed by atoms with Crippen LogP contribution in [0.2, 0.25) is 0 Å². The molecule has 3 atom stereocenters. The Kier molecular flexibility index (Phi) is 7.19. The molecule has 3 unspecified atom stereocenters. The Labute approximate surface area is 170 Å². The molecular weight excluding hydrogens is 374 g/mol. The van der Waals surface area contributed by atoms with Gasteiger partial charge in [-0.3, -0.25) is 24.6 Å². The van der Waals surface area contributed by atoms with Gasteiger partial charge >= 0.3 is 5.69 Å². The molecule has 1 saturated heterocycles. The van der Waals surface area contributed by atoms with Crippen molar-refractivity contribution in [2.75, 3.05) is 6.54 Å². The maximum absolute atomic E-state index is 11.6. The number of amides is 1. The number of fused-ring (bicyclic) bond motifs is 1. The lowest BCUT2D eigenvalue weighted by molar-refractivity contribution is -0.386. The minimum Gasteiger partial charge on any atom is -0.468 e. The van der Waals surface area contributed by atoms with E-state index < -0.39 is 4.92 Å². The van der Waals surface area contributed by atoms with Gasteiger partial charge in [0, 0.05) is 19.0 Å². The Bertz CT molecular complexity index is 752. The number of aldehydes is 1. The number of primary amides is 1. The van der Waals surface area contributed by atoms with Crippen molar-refractivity contribution in [3.05, 3.63) is 33.9 Å². The summed E-state index contributed by atoms with van der Waals surface area (Å²) in [5.41, 5.74) is 4.99. The third-order valence-corrected chi connectivity index (χ3v) is 6.13. The maximum atomic E-state index is 11.6. The highest BCUT2D eigenvalue weighted by molar-refractivity contribution is 5.83. The minimum atomic E-state index is -0.570. The summed E-state index contributed by atoms with van der Waals surface area (Å²) in [4.78, 5) is 35.8. The highest BCUT2D eigenvalue weighted by Crippen LogP contribution is 2.38. The number of carbonyl (C=O) groups is 2. The lowest BCUT2D eigenvalue weighted by Crippen LogP contribution is -2.53. The number of hydrogen-bond acceptors (Lipinski definition) is 6. The Morgan fingerprint density at radius 3 is 2.79 bits per heavy atom. The Balaban J connectivity index is 1.87. The van der Waals surface area contributed by atoms with Gasteiger partial charge in [-0.15, -0.1) is 0 Å². The zero-order valence-electron chi connectivity index (χ0n) is 16.6. The molecule has 1 heterocycles. The lowest BCUT2D eigenvalue weighted by Gasteiger charge is -2.47. The van der Waals surface area contributed by atoms with Crippen molar-refractivity contribution < 1.29 is 19.2 Å². The van der Waals surface area contributed by atoms with Gasteiger partial charge in [0.15, 0.2) is 18.3 Å². The van der Waals surface area contributed by atoms with E-state index >= 15 is 0 Å². The molecule has 8 heteroatoms. The van der Waals surface area contributed by atoms with Gasteiger partial charge in [0.1, 0.15) is 0 Å². The summed E-state index contributed by atoms with van der Waals surface area (Å²) in [7, 11) is 0. The van der Waals surface area contributed by atoms with Crippen LogP contribution in [0.15, 0.2) is 18.2 Å². The predicted molar refractivity (Wildman–Crippen MR) is 108 cm³/mol. The number of nitro groups is 1. The molecule has 3 rings (SSSR count). The third-order valence-electron chi connectivity index (χ3n) is 6.13. The van der Waals surface area contributed by atoms with Crippen LogP contribution in [0.5, 0.6) is 5.75 Å². The van der Waals surface area contributed by atoms with Gasteiger partial charge in [0.05, 0.1) is 10.5 Å². The molecule has 1 saturated carbocycles. The number of likely N-dealkylation sites (tertiary alicyclic amines) is 1. The second kappa shape index (κ2) is 9.82. The van der Waals surface area contributed by atoms with Crippen molar-refractivity contribution in [3.63, 3.8) is 0 Å². The van der Waals surface area contributed by atoms with E-state index in [4.69, 9.17) is 10.5 Å². The maximum Gasteiger partial charge on any atom is 0.321 e. The number of nitrogens with zero attached hydrogens (tertiary/aromatic N) is 2. The van der Waals surface area contributed by atoms with Gasteiger partial charge in [-0.25, -0.2) is 0 Å². The summed E-state index contributed by atoms with van der Waals surface area (Å²) in [6.07, 6.45) is 8.42. The van der Waals surface area contributed by atoms with Gasteiger partial charge in [0.2, 0.25) is 5.91 Å². The van der Waals surface area contributed by atoms with Gasteiger partial charge in [-0.1, -0.05) is 18.9 Å². The van der Waals surface area contributed by atoms with Gasteiger partial charge in [-0.2, -0.15) is 0 Å². The summed E-state index contributed by atoms with van der Waals surface area (Å²) < 4.78 is 6.19. The summed E-state index contributed by atoms with van der Waals surface area (Å²) in [5.74, 6) is 0.351. The molecular formula is C21H29N3O5. The van der Waals surface area contributed by atoms with E-state index in [1.807, 2.05) is 0 Å². The van der Waals surface area contributed by atoms with E-state index in [-0.39, 0.29) is 35.6 Å². The number of para-hydroxylation sites is 1. The molecule has 0 bridgehead atoms. The molecule has 158 valence electrons.